The van der Waals surface area contributed by atoms with Gasteiger partial charge in [-0.05, 0) is 37.3 Å². The first-order valence-corrected chi connectivity index (χ1v) is 7.80. The van der Waals surface area contributed by atoms with E-state index >= 15 is 0 Å². The maximum Gasteiger partial charge on any atom is 0.354 e. The molecule has 126 valence electrons. The summed E-state index contributed by atoms with van der Waals surface area (Å²) in [5.74, 6) is -0.797. The summed E-state index contributed by atoms with van der Waals surface area (Å²) in [6.45, 7) is 3.50. The molecule has 1 aromatic heterocycles. The van der Waals surface area contributed by atoms with Crippen molar-refractivity contribution in [2.24, 2.45) is 5.92 Å². The molecule has 1 saturated heterocycles. The summed E-state index contributed by atoms with van der Waals surface area (Å²) in [5.41, 5.74) is 0.265. The highest BCUT2D eigenvalue weighted by Gasteiger charge is 2.13. The first-order chi connectivity index (χ1) is 11.2. The zero-order chi connectivity index (χ0) is 16.5. The van der Waals surface area contributed by atoms with Crippen molar-refractivity contribution in [3.05, 3.63) is 29.6 Å². The number of aromatic carboxylic acids is 1. The Morgan fingerprint density at radius 1 is 1.35 bits per heavy atom. The van der Waals surface area contributed by atoms with Gasteiger partial charge in [-0.1, -0.05) is 0 Å². The molecule has 23 heavy (non-hydrogen) atoms. The van der Waals surface area contributed by atoms with Crippen molar-refractivity contribution in [3.8, 4) is 0 Å². The molecule has 1 fully saturated rings. The Morgan fingerprint density at radius 3 is 2.78 bits per heavy atom. The maximum atomic E-state index is 11.9. The molecule has 1 aromatic rings. The van der Waals surface area contributed by atoms with Gasteiger partial charge in [0.2, 0.25) is 0 Å². The number of amides is 1. The molecule has 7 nitrogen and oxygen atoms in total. The average molecular weight is 322 g/mol. The van der Waals surface area contributed by atoms with Gasteiger partial charge >= 0.3 is 5.97 Å². The summed E-state index contributed by atoms with van der Waals surface area (Å²) in [6.07, 6.45) is 4.10. The largest absolute Gasteiger partial charge is 0.477 e. The topological polar surface area (TPSA) is 97.8 Å². The molecule has 1 aliphatic rings. The van der Waals surface area contributed by atoms with Crippen LogP contribution in [0.3, 0.4) is 0 Å². The smallest absolute Gasteiger partial charge is 0.354 e. The normalized spacial score (nSPS) is 15.3. The summed E-state index contributed by atoms with van der Waals surface area (Å²) in [4.78, 5) is 26.3. The number of nitrogens with zero attached hydrogens (tertiary/aromatic N) is 1. The highest BCUT2D eigenvalue weighted by Crippen LogP contribution is 2.14. The van der Waals surface area contributed by atoms with Crippen LogP contribution in [0.15, 0.2) is 18.3 Å². The molecule has 0 atom stereocenters. The second-order valence-electron chi connectivity index (χ2n) is 5.48. The van der Waals surface area contributed by atoms with E-state index in [0.29, 0.717) is 24.6 Å². The second-order valence-corrected chi connectivity index (χ2v) is 5.48. The van der Waals surface area contributed by atoms with Crippen molar-refractivity contribution in [2.75, 3.05) is 33.0 Å². The predicted octanol–water partition coefficient (Wildman–Crippen LogP) is 1.34. The number of ether oxygens (including phenoxy) is 2. The fourth-order valence-corrected chi connectivity index (χ4v) is 2.30. The number of hydrogen-bond acceptors (Lipinski definition) is 5. The van der Waals surface area contributed by atoms with Crippen LogP contribution in [0.4, 0.5) is 0 Å². The van der Waals surface area contributed by atoms with Gasteiger partial charge in [0.15, 0.2) is 0 Å². The van der Waals surface area contributed by atoms with E-state index in [4.69, 9.17) is 14.6 Å². The van der Waals surface area contributed by atoms with Crippen molar-refractivity contribution in [1.82, 2.24) is 10.3 Å². The minimum atomic E-state index is -1.11. The number of aromatic nitrogens is 1. The monoisotopic (exact) mass is 322 g/mol. The third kappa shape index (κ3) is 5.96. The Bertz CT molecular complexity index is 512. The van der Waals surface area contributed by atoms with Gasteiger partial charge in [-0.2, -0.15) is 0 Å². The van der Waals surface area contributed by atoms with Crippen LogP contribution in [0.5, 0.6) is 0 Å². The Morgan fingerprint density at radius 2 is 2.13 bits per heavy atom. The van der Waals surface area contributed by atoms with Crippen molar-refractivity contribution in [1.29, 1.82) is 0 Å². The first kappa shape index (κ1) is 17.4. The quantitative estimate of drug-likeness (QED) is 0.701. The molecule has 0 saturated carbocycles. The Hall–Kier alpha value is -1.99. The van der Waals surface area contributed by atoms with Crippen molar-refractivity contribution >= 4 is 11.9 Å². The van der Waals surface area contributed by atoms with Crippen LogP contribution in [0.25, 0.3) is 0 Å². The van der Waals surface area contributed by atoms with Crippen LogP contribution < -0.4 is 5.32 Å². The van der Waals surface area contributed by atoms with Crippen LogP contribution in [-0.4, -0.2) is 54.9 Å². The van der Waals surface area contributed by atoms with Crippen LogP contribution >= 0.6 is 0 Å². The van der Waals surface area contributed by atoms with Crippen molar-refractivity contribution in [3.63, 3.8) is 0 Å². The molecule has 0 spiro atoms. The van der Waals surface area contributed by atoms with Gasteiger partial charge in [-0.15, -0.1) is 0 Å². The molecule has 0 aliphatic carbocycles. The minimum Gasteiger partial charge on any atom is -0.477 e. The van der Waals surface area contributed by atoms with E-state index in [9.17, 15) is 9.59 Å². The Balaban J connectivity index is 1.58. The highest BCUT2D eigenvalue weighted by molar-refractivity contribution is 5.94. The van der Waals surface area contributed by atoms with E-state index in [1.807, 2.05) is 0 Å². The molecule has 2 rings (SSSR count). The zero-order valence-electron chi connectivity index (χ0n) is 13.0. The lowest BCUT2D eigenvalue weighted by atomic mass is 10.0. The van der Waals surface area contributed by atoms with E-state index < -0.39 is 5.97 Å². The number of hydrogen-bond donors (Lipinski definition) is 2. The Kier molecular flexibility index (Phi) is 6.96. The maximum absolute atomic E-state index is 11.9. The van der Waals surface area contributed by atoms with Crippen molar-refractivity contribution < 1.29 is 24.2 Å². The van der Waals surface area contributed by atoms with Gasteiger partial charge in [0, 0.05) is 39.2 Å². The molecule has 1 aliphatic heterocycles. The number of carbonyl (C=O) groups excluding carboxylic acids is 1. The zero-order valence-corrected chi connectivity index (χ0v) is 13.0. The van der Waals surface area contributed by atoms with Gasteiger partial charge < -0.3 is 19.9 Å². The summed E-state index contributed by atoms with van der Waals surface area (Å²) in [7, 11) is 0. The van der Waals surface area contributed by atoms with E-state index in [1.54, 1.807) is 0 Å². The van der Waals surface area contributed by atoms with Crippen LogP contribution in [0, 0.1) is 5.92 Å². The fraction of sp³-hybridized carbons (Fsp3) is 0.562. The van der Waals surface area contributed by atoms with Crippen LogP contribution in [0.2, 0.25) is 0 Å². The number of carboxylic acids is 1. The third-order valence-electron chi connectivity index (χ3n) is 3.69. The summed E-state index contributed by atoms with van der Waals surface area (Å²) >= 11 is 0. The van der Waals surface area contributed by atoms with Gasteiger partial charge in [0.05, 0.1) is 5.56 Å². The number of carboxylic acid groups (broad SMARTS) is 1. The molecule has 2 N–H and O–H groups in total. The molecule has 1 amide bonds. The highest BCUT2D eigenvalue weighted by atomic mass is 16.5. The standard InChI is InChI=1S/C16H22N2O5/c19-15(13-2-3-14(16(20)21)18-10-13)17-6-1-7-23-11-12-4-8-22-9-5-12/h2-3,10,12H,1,4-9,11H2,(H,17,19)(H,20,21). The minimum absolute atomic E-state index is 0.0805. The summed E-state index contributed by atoms with van der Waals surface area (Å²) in [6, 6.07) is 2.77. The summed E-state index contributed by atoms with van der Waals surface area (Å²) in [5, 5.41) is 11.5. The van der Waals surface area contributed by atoms with Gasteiger partial charge in [0.1, 0.15) is 5.69 Å². The second kappa shape index (κ2) is 9.22. The molecule has 0 bridgehead atoms. The average Bonchev–Trinajstić information content (AvgIpc) is 2.58. The molecule has 0 aromatic carbocycles. The number of carbonyl (C=O) groups is 2. The summed E-state index contributed by atoms with van der Waals surface area (Å²) < 4.78 is 10.9. The van der Waals surface area contributed by atoms with E-state index in [0.717, 1.165) is 39.1 Å². The molecule has 2 heterocycles. The lowest BCUT2D eigenvalue weighted by Crippen LogP contribution is -2.26. The number of pyridine rings is 1. The fourth-order valence-electron chi connectivity index (χ4n) is 2.30. The van der Waals surface area contributed by atoms with Gasteiger partial charge in [-0.3, -0.25) is 4.79 Å². The molecule has 0 unspecified atom stereocenters. The van der Waals surface area contributed by atoms with E-state index in [2.05, 4.69) is 10.3 Å². The van der Waals surface area contributed by atoms with Gasteiger partial charge in [0.25, 0.3) is 5.91 Å². The molecular formula is C16H22N2O5. The van der Waals surface area contributed by atoms with Crippen LogP contribution in [0.1, 0.15) is 40.1 Å². The van der Waals surface area contributed by atoms with E-state index in [-0.39, 0.29) is 11.6 Å². The predicted molar refractivity (Wildman–Crippen MR) is 82.5 cm³/mol. The van der Waals surface area contributed by atoms with Gasteiger partial charge in [-0.25, -0.2) is 9.78 Å². The van der Waals surface area contributed by atoms with E-state index in [1.165, 1.54) is 18.3 Å². The third-order valence-corrected chi connectivity index (χ3v) is 3.69. The molecule has 0 radical (unpaired) electrons. The SMILES string of the molecule is O=C(NCCCOCC1CCOCC1)c1ccc(C(=O)O)nc1. The first-order valence-electron chi connectivity index (χ1n) is 7.80. The van der Waals surface area contributed by atoms with Crippen molar-refractivity contribution in [2.45, 2.75) is 19.3 Å². The van der Waals surface area contributed by atoms with Crippen LogP contribution in [-0.2, 0) is 9.47 Å². The lowest BCUT2D eigenvalue weighted by Gasteiger charge is -2.21. The molecular weight excluding hydrogens is 300 g/mol. The number of nitrogens with one attached hydrogen (secondary N) is 1. The lowest BCUT2D eigenvalue weighted by molar-refractivity contribution is 0.0202. The Labute approximate surface area is 135 Å². The number of rotatable bonds is 8. The molecule has 7 heteroatoms.